The van der Waals surface area contributed by atoms with Crippen LogP contribution in [0.3, 0.4) is 0 Å². The molecule has 0 unspecified atom stereocenters. The molecule has 2 aliphatic rings. The summed E-state index contributed by atoms with van der Waals surface area (Å²) in [7, 11) is -3.38. The third-order valence-corrected chi connectivity index (χ3v) is 5.62. The minimum Gasteiger partial charge on any atom is -0.385 e. The van der Waals surface area contributed by atoms with E-state index in [1.807, 2.05) is 12.1 Å². The lowest BCUT2D eigenvalue weighted by molar-refractivity contribution is 0.551. The van der Waals surface area contributed by atoms with Crippen molar-refractivity contribution < 1.29 is 8.42 Å². The zero-order valence-corrected chi connectivity index (χ0v) is 11.8. The summed E-state index contributed by atoms with van der Waals surface area (Å²) in [6.45, 7) is 0.923. The quantitative estimate of drug-likeness (QED) is 0.893. The van der Waals surface area contributed by atoms with Crippen molar-refractivity contribution in [3.8, 4) is 0 Å². The Morgan fingerprint density at radius 3 is 2.74 bits per heavy atom. The molecule has 1 aromatic carbocycles. The van der Waals surface area contributed by atoms with Crippen LogP contribution < -0.4 is 10.0 Å². The summed E-state index contributed by atoms with van der Waals surface area (Å²) < 4.78 is 27.9. The lowest BCUT2D eigenvalue weighted by Gasteiger charge is -2.22. The van der Waals surface area contributed by atoms with Crippen LogP contribution >= 0.6 is 0 Å². The van der Waals surface area contributed by atoms with Gasteiger partial charge >= 0.3 is 0 Å². The average Bonchev–Trinajstić information content (AvgIpc) is 2.90. The van der Waals surface area contributed by atoms with Crippen LogP contribution in [0, 0.1) is 0 Å². The molecule has 1 saturated carbocycles. The smallest absolute Gasteiger partial charge is 0.241 e. The predicted octanol–water partition coefficient (Wildman–Crippen LogP) is 2.27. The molecule has 0 aromatic heterocycles. The van der Waals surface area contributed by atoms with Crippen molar-refractivity contribution in [2.75, 3.05) is 11.9 Å². The number of hydrogen-bond acceptors (Lipinski definition) is 3. The first kappa shape index (κ1) is 12.9. The predicted molar refractivity (Wildman–Crippen MR) is 75.8 cm³/mol. The SMILES string of the molecule is O=S(=O)(NC1CCCC1)c1cccc2c1CCCN2. The highest BCUT2D eigenvalue weighted by Gasteiger charge is 2.26. The molecule has 0 bridgehead atoms. The zero-order valence-electron chi connectivity index (χ0n) is 11.0. The van der Waals surface area contributed by atoms with Crippen molar-refractivity contribution in [2.45, 2.75) is 49.5 Å². The van der Waals surface area contributed by atoms with Gasteiger partial charge in [0.1, 0.15) is 0 Å². The van der Waals surface area contributed by atoms with Gasteiger partial charge in [0.05, 0.1) is 4.90 Å². The van der Waals surface area contributed by atoms with Gasteiger partial charge in [0.15, 0.2) is 0 Å². The van der Waals surface area contributed by atoms with E-state index in [-0.39, 0.29) is 6.04 Å². The van der Waals surface area contributed by atoms with Gasteiger partial charge in [0.25, 0.3) is 0 Å². The summed E-state index contributed by atoms with van der Waals surface area (Å²) in [5.41, 5.74) is 1.92. The van der Waals surface area contributed by atoms with E-state index in [1.54, 1.807) is 6.07 Å². The molecule has 104 valence electrons. The monoisotopic (exact) mass is 280 g/mol. The second-order valence-corrected chi connectivity index (χ2v) is 7.10. The third kappa shape index (κ3) is 2.62. The molecular weight excluding hydrogens is 260 g/mol. The number of hydrogen-bond donors (Lipinski definition) is 2. The maximum atomic E-state index is 12.5. The molecule has 1 aromatic rings. The summed E-state index contributed by atoms with van der Waals surface area (Å²) in [6.07, 6.45) is 6.01. The fraction of sp³-hybridized carbons (Fsp3) is 0.571. The molecular formula is C14H20N2O2S. The molecule has 1 aliphatic carbocycles. The molecule has 0 spiro atoms. The van der Waals surface area contributed by atoms with E-state index in [4.69, 9.17) is 0 Å². The summed E-state index contributed by atoms with van der Waals surface area (Å²) in [5, 5.41) is 3.28. The fourth-order valence-electron chi connectivity index (χ4n) is 3.06. The summed E-state index contributed by atoms with van der Waals surface area (Å²) in [4.78, 5) is 0.462. The second kappa shape index (κ2) is 5.13. The Balaban J connectivity index is 1.92. The molecule has 0 saturated heterocycles. The topological polar surface area (TPSA) is 58.2 Å². The van der Waals surface area contributed by atoms with E-state index in [1.165, 1.54) is 0 Å². The Hall–Kier alpha value is -1.07. The normalized spacial score (nSPS) is 20.0. The van der Waals surface area contributed by atoms with Crippen molar-refractivity contribution in [3.63, 3.8) is 0 Å². The fourth-order valence-corrected chi connectivity index (χ4v) is 4.65. The standard InChI is InChI=1S/C14H20N2O2S/c17-19(18,16-11-5-1-2-6-11)14-9-3-8-13-12(14)7-4-10-15-13/h3,8-9,11,15-16H,1-2,4-7,10H2. The van der Waals surface area contributed by atoms with Crippen molar-refractivity contribution in [1.29, 1.82) is 0 Å². The van der Waals surface area contributed by atoms with E-state index in [2.05, 4.69) is 10.0 Å². The van der Waals surface area contributed by atoms with Crippen LogP contribution in [0.1, 0.15) is 37.7 Å². The van der Waals surface area contributed by atoms with Crippen LogP contribution in [0.25, 0.3) is 0 Å². The van der Waals surface area contributed by atoms with E-state index >= 15 is 0 Å². The summed E-state index contributed by atoms with van der Waals surface area (Å²) >= 11 is 0. The van der Waals surface area contributed by atoms with Crippen molar-refractivity contribution >= 4 is 15.7 Å². The van der Waals surface area contributed by atoms with Crippen LogP contribution in [0.15, 0.2) is 23.1 Å². The largest absolute Gasteiger partial charge is 0.385 e. The molecule has 1 heterocycles. The van der Waals surface area contributed by atoms with Gasteiger partial charge < -0.3 is 5.32 Å². The molecule has 1 aliphatic heterocycles. The van der Waals surface area contributed by atoms with E-state index in [9.17, 15) is 8.42 Å². The molecule has 3 rings (SSSR count). The minimum atomic E-state index is -3.38. The highest BCUT2D eigenvalue weighted by Crippen LogP contribution is 2.29. The second-order valence-electron chi connectivity index (χ2n) is 5.42. The lowest BCUT2D eigenvalue weighted by Crippen LogP contribution is -2.33. The van der Waals surface area contributed by atoms with Gasteiger partial charge in [-0.3, -0.25) is 0 Å². The number of benzene rings is 1. The van der Waals surface area contributed by atoms with Gasteiger partial charge in [-0.05, 0) is 43.4 Å². The molecule has 4 nitrogen and oxygen atoms in total. The molecule has 0 atom stereocenters. The van der Waals surface area contributed by atoms with E-state index < -0.39 is 10.0 Å². The maximum Gasteiger partial charge on any atom is 0.241 e. The van der Waals surface area contributed by atoms with Crippen LogP contribution in [-0.2, 0) is 16.4 Å². The van der Waals surface area contributed by atoms with Crippen molar-refractivity contribution in [1.82, 2.24) is 4.72 Å². The first-order valence-electron chi connectivity index (χ1n) is 7.05. The summed E-state index contributed by atoms with van der Waals surface area (Å²) in [5.74, 6) is 0. The Labute approximate surface area is 114 Å². The third-order valence-electron chi connectivity index (χ3n) is 4.02. The number of sulfonamides is 1. The van der Waals surface area contributed by atoms with Gasteiger partial charge in [0.2, 0.25) is 10.0 Å². The lowest BCUT2D eigenvalue weighted by atomic mass is 10.0. The van der Waals surface area contributed by atoms with E-state index in [0.29, 0.717) is 4.90 Å². The highest BCUT2D eigenvalue weighted by atomic mass is 32.2. The molecule has 1 fully saturated rings. The molecule has 5 heteroatoms. The van der Waals surface area contributed by atoms with Crippen LogP contribution in [0.4, 0.5) is 5.69 Å². The van der Waals surface area contributed by atoms with Gasteiger partial charge in [-0.25, -0.2) is 13.1 Å². The van der Waals surface area contributed by atoms with Gasteiger partial charge in [-0.1, -0.05) is 18.9 Å². The van der Waals surface area contributed by atoms with E-state index in [0.717, 1.165) is 56.3 Å². The molecule has 2 N–H and O–H groups in total. The summed E-state index contributed by atoms with van der Waals surface area (Å²) in [6, 6.07) is 5.63. The first-order valence-corrected chi connectivity index (χ1v) is 8.53. The Kier molecular flexibility index (Phi) is 3.50. The molecule has 19 heavy (non-hydrogen) atoms. The first-order chi connectivity index (χ1) is 9.17. The van der Waals surface area contributed by atoms with Gasteiger partial charge in [-0.15, -0.1) is 0 Å². The number of nitrogens with one attached hydrogen (secondary N) is 2. The highest BCUT2D eigenvalue weighted by molar-refractivity contribution is 7.89. The number of rotatable bonds is 3. The average molecular weight is 280 g/mol. The van der Waals surface area contributed by atoms with Crippen molar-refractivity contribution in [3.05, 3.63) is 23.8 Å². The number of anilines is 1. The van der Waals surface area contributed by atoms with Crippen LogP contribution in [0.2, 0.25) is 0 Å². The van der Waals surface area contributed by atoms with Crippen molar-refractivity contribution in [2.24, 2.45) is 0 Å². The Bertz CT molecular complexity index is 563. The molecule has 0 amide bonds. The van der Waals surface area contributed by atoms with Crippen LogP contribution in [0.5, 0.6) is 0 Å². The zero-order chi connectivity index (χ0) is 13.3. The van der Waals surface area contributed by atoms with Gasteiger partial charge in [-0.2, -0.15) is 0 Å². The number of fused-ring (bicyclic) bond motifs is 1. The van der Waals surface area contributed by atoms with Gasteiger partial charge in [0, 0.05) is 18.3 Å². The minimum absolute atomic E-state index is 0.123. The molecule has 0 radical (unpaired) electrons. The Morgan fingerprint density at radius 1 is 1.16 bits per heavy atom. The Morgan fingerprint density at radius 2 is 1.95 bits per heavy atom. The van der Waals surface area contributed by atoms with Crippen LogP contribution in [-0.4, -0.2) is 21.0 Å². The maximum absolute atomic E-state index is 12.5.